The van der Waals surface area contributed by atoms with Crippen LogP contribution in [0.4, 0.5) is 10.1 Å². The molecule has 2 aliphatic heterocycles. The maximum Gasteiger partial charge on any atom is 0.256 e. The van der Waals surface area contributed by atoms with Crippen molar-refractivity contribution in [2.75, 3.05) is 18.4 Å². The molecule has 1 saturated heterocycles. The maximum atomic E-state index is 14.2. The van der Waals surface area contributed by atoms with Crippen molar-refractivity contribution in [3.63, 3.8) is 0 Å². The minimum Gasteiger partial charge on any atom is -0.358 e. The fraction of sp³-hybridized carbons (Fsp3) is 0.355. The van der Waals surface area contributed by atoms with E-state index in [2.05, 4.69) is 15.6 Å². The van der Waals surface area contributed by atoms with Crippen LogP contribution in [0.1, 0.15) is 64.1 Å². The number of nitrogens with zero attached hydrogens (tertiary/aromatic N) is 1. The van der Waals surface area contributed by atoms with E-state index >= 15 is 0 Å². The van der Waals surface area contributed by atoms with Crippen LogP contribution in [0.15, 0.2) is 47.4 Å². The second kappa shape index (κ2) is 10.6. The molecule has 6 rings (SSSR count). The Hall–Kier alpha value is -3.76. The van der Waals surface area contributed by atoms with E-state index in [1.165, 1.54) is 43.2 Å². The topological polar surface area (TPSA) is 111 Å². The Kier molecular flexibility index (Phi) is 7.07. The first kappa shape index (κ1) is 27.4. The number of aryl methyl sites for hydroxylation is 1. The highest BCUT2D eigenvalue weighted by Crippen LogP contribution is 2.36. The van der Waals surface area contributed by atoms with Gasteiger partial charge in [0.1, 0.15) is 5.82 Å². The molecule has 3 aromatic rings. The number of aromatic amines is 1. The number of likely N-dealkylation sites (tertiary alicyclic amines) is 1. The lowest BCUT2D eigenvalue weighted by atomic mass is 10.0. The summed E-state index contributed by atoms with van der Waals surface area (Å²) in [7, 11) is -3.88. The summed E-state index contributed by atoms with van der Waals surface area (Å²) < 4.78 is 40.5. The molecule has 2 aromatic carbocycles. The Morgan fingerprint density at radius 3 is 2.49 bits per heavy atom. The fourth-order valence-corrected chi connectivity index (χ4v) is 7.16. The molecule has 10 heteroatoms. The van der Waals surface area contributed by atoms with Crippen LogP contribution in [0.5, 0.6) is 0 Å². The van der Waals surface area contributed by atoms with Crippen molar-refractivity contribution in [2.45, 2.75) is 62.3 Å². The molecule has 41 heavy (non-hydrogen) atoms. The minimum atomic E-state index is -3.88. The highest BCUT2D eigenvalue weighted by molar-refractivity contribution is 7.90. The molecule has 1 saturated carbocycles. The Balaban J connectivity index is 1.25. The molecule has 8 nitrogen and oxygen atoms in total. The number of amides is 2. The van der Waals surface area contributed by atoms with E-state index in [0.29, 0.717) is 53.3 Å². The lowest BCUT2D eigenvalue weighted by molar-refractivity contribution is -0.110. The van der Waals surface area contributed by atoms with Crippen molar-refractivity contribution < 1.29 is 22.4 Å². The quantitative estimate of drug-likeness (QED) is 0.356. The number of anilines is 1. The van der Waals surface area contributed by atoms with Crippen molar-refractivity contribution in [1.82, 2.24) is 15.2 Å². The normalized spacial score (nSPS) is 18.6. The molecule has 1 aliphatic carbocycles. The van der Waals surface area contributed by atoms with Crippen molar-refractivity contribution in [3.8, 4) is 0 Å². The number of piperidine rings is 1. The van der Waals surface area contributed by atoms with Gasteiger partial charge in [0.2, 0.25) is 0 Å². The number of aromatic nitrogens is 1. The number of hydrogen-bond donors (Lipinski definition) is 3. The molecule has 0 atom stereocenters. The van der Waals surface area contributed by atoms with E-state index in [-0.39, 0.29) is 22.3 Å². The van der Waals surface area contributed by atoms with Crippen LogP contribution in [0.2, 0.25) is 0 Å². The van der Waals surface area contributed by atoms with E-state index in [1.54, 1.807) is 18.2 Å². The number of hydrogen-bond acceptors (Lipinski definition) is 5. The Bertz CT molecular complexity index is 1680. The van der Waals surface area contributed by atoms with E-state index in [4.69, 9.17) is 0 Å². The first-order valence-corrected chi connectivity index (χ1v) is 15.6. The van der Waals surface area contributed by atoms with E-state index in [0.717, 1.165) is 24.1 Å². The predicted molar refractivity (Wildman–Crippen MR) is 156 cm³/mol. The number of carbonyl (C=O) groups excluding carboxylic acids is 2. The zero-order chi connectivity index (χ0) is 28.9. The molecule has 0 spiro atoms. The molecule has 3 N–H and O–H groups in total. The van der Waals surface area contributed by atoms with Crippen LogP contribution in [-0.4, -0.2) is 55.3 Å². The number of sulfone groups is 1. The highest BCUT2D eigenvalue weighted by atomic mass is 32.2. The zero-order valence-electron chi connectivity index (χ0n) is 23.1. The monoisotopic (exact) mass is 576 g/mol. The van der Waals surface area contributed by atoms with Gasteiger partial charge in [0.25, 0.3) is 11.8 Å². The lowest BCUT2D eigenvalue weighted by Gasteiger charge is -2.32. The van der Waals surface area contributed by atoms with E-state index < -0.39 is 21.4 Å². The standard InChI is InChI=1S/C31H33FN4O4S/c1-18-28(33-19(2)29(18)31(38)36-13-11-22(12-14-36)34-21-7-8-21)16-25-24-15-23(9-10-27(24)35-30(25)37)41(39,40)17-20-5-3-4-6-26(20)32/h3-6,9-10,15-16,21-22,33-34H,7-8,11-14,17H2,1-2H3,(H,35,37). The third-order valence-corrected chi connectivity index (χ3v) is 9.91. The second-order valence-electron chi connectivity index (χ2n) is 11.2. The largest absolute Gasteiger partial charge is 0.358 e. The van der Waals surface area contributed by atoms with Crippen LogP contribution >= 0.6 is 0 Å². The molecule has 0 bridgehead atoms. The van der Waals surface area contributed by atoms with Gasteiger partial charge < -0.3 is 20.5 Å². The molecule has 3 aliphatic rings. The molecule has 2 amide bonds. The number of halogens is 1. The summed E-state index contributed by atoms with van der Waals surface area (Å²) in [6, 6.07) is 11.3. The van der Waals surface area contributed by atoms with Gasteiger partial charge in [-0.1, -0.05) is 18.2 Å². The summed E-state index contributed by atoms with van der Waals surface area (Å²) in [6.07, 6.45) is 6.01. The average Bonchev–Trinajstić information content (AvgIpc) is 3.64. The number of nitrogens with one attached hydrogen (secondary N) is 3. The molecular weight excluding hydrogens is 543 g/mol. The minimum absolute atomic E-state index is 0.00302. The third kappa shape index (κ3) is 5.46. The Morgan fingerprint density at radius 2 is 1.78 bits per heavy atom. The number of carbonyl (C=O) groups is 2. The lowest BCUT2D eigenvalue weighted by Crippen LogP contribution is -2.45. The maximum absolute atomic E-state index is 14.2. The van der Waals surface area contributed by atoms with Gasteiger partial charge in [-0.25, -0.2) is 12.8 Å². The van der Waals surface area contributed by atoms with Gasteiger partial charge in [-0.15, -0.1) is 0 Å². The van der Waals surface area contributed by atoms with Gasteiger partial charge in [-0.3, -0.25) is 9.59 Å². The summed E-state index contributed by atoms with van der Waals surface area (Å²) in [5, 5.41) is 6.44. The predicted octanol–water partition coefficient (Wildman–Crippen LogP) is 4.59. The smallest absolute Gasteiger partial charge is 0.256 e. The molecule has 2 fully saturated rings. The average molecular weight is 577 g/mol. The first-order valence-electron chi connectivity index (χ1n) is 14.0. The molecule has 3 heterocycles. The SMILES string of the molecule is Cc1[nH]c(C=C2C(=O)Nc3ccc(S(=O)(=O)Cc4ccccc4F)cc32)c(C)c1C(=O)N1CCC(NC2CC2)CC1. The Labute approximate surface area is 238 Å². The van der Waals surface area contributed by atoms with Crippen LogP contribution in [0, 0.1) is 19.7 Å². The summed E-state index contributed by atoms with van der Waals surface area (Å²) in [4.78, 5) is 31.6. The van der Waals surface area contributed by atoms with Gasteiger partial charge in [-0.2, -0.15) is 0 Å². The van der Waals surface area contributed by atoms with Crippen LogP contribution in [0.3, 0.4) is 0 Å². The van der Waals surface area contributed by atoms with Crippen molar-refractivity contribution in [1.29, 1.82) is 0 Å². The van der Waals surface area contributed by atoms with E-state index in [1.807, 2.05) is 18.7 Å². The number of benzene rings is 2. The zero-order valence-corrected chi connectivity index (χ0v) is 23.9. The molecule has 1 aromatic heterocycles. The third-order valence-electron chi connectivity index (χ3n) is 8.25. The second-order valence-corrected chi connectivity index (χ2v) is 13.2. The molecule has 214 valence electrons. The van der Waals surface area contributed by atoms with Gasteiger partial charge in [-0.05, 0) is 75.4 Å². The van der Waals surface area contributed by atoms with Gasteiger partial charge in [0.05, 0.1) is 21.8 Å². The summed E-state index contributed by atoms with van der Waals surface area (Å²) in [5.74, 6) is -1.47. The summed E-state index contributed by atoms with van der Waals surface area (Å²) in [6.45, 7) is 5.10. The van der Waals surface area contributed by atoms with Crippen molar-refractivity contribution in [2.24, 2.45) is 0 Å². The highest BCUT2D eigenvalue weighted by Gasteiger charge is 2.31. The summed E-state index contributed by atoms with van der Waals surface area (Å²) in [5.41, 5.74) is 3.98. The number of fused-ring (bicyclic) bond motifs is 1. The van der Waals surface area contributed by atoms with Crippen LogP contribution in [-0.2, 0) is 20.4 Å². The number of rotatable bonds is 7. The summed E-state index contributed by atoms with van der Waals surface area (Å²) >= 11 is 0. The van der Waals surface area contributed by atoms with Gasteiger partial charge in [0, 0.05) is 53.4 Å². The molecule has 0 radical (unpaired) electrons. The number of H-pyrrole nitrogens is 1. The fourth-order valence-electron chi connectivity index (χ4n) is 5.78. The van der Waals surface area contributed by atoms with Crippen LogP contribution < -0.4 is 10.6 Å². The Morgan fingerprint density at radius 1 is 1.07 bits per heavy atom. The van der Waals surface area contributed by atoms with Gasteiger partial charge in [0.15, 0.2) is 9.84 Å². The molecule has 0 unspecified atom stereocenters. The van der Waals surface area contributed by atoms with Crippen LogP contribution in [0.25, 0.3) is 11.6 Å². The van der Waals surface area contributed by atoms with E-state index in [9.17, 15) is 22.4 Å². The first-order chi connectivity index (χ1) is 19.6. The van der Waals surface area contributed by atoms with Crippen molar-refractivity contribution >= 4 is 39.0 Å². The van der Waals surface area contributed by atoms with Crippen molar-refractivity contribution in [3.05, 3.63) is 81.9 Å². The molecular formula is C31H33FN4O4S. The van der Waals surface area contributed by atoms with Gasteiger partial charge >= 0.3 is 0 Å².